The van der Waals surface area contributed by atoms with E-state index in [0.717, 1.165) is 12.7 Å². The van der Waals surface area contributed by atoms with Crippen molar-refractivity contribution in [1.29, 1.82) is 5.26 Å². The van der Waals surface area contributed by atoms with Crippen LogP contribution in [0.2, 0.25) is 0 Å². The fraction of sp³-hybridized carbons (Fsp3) is 0.444. The number of rotatable bonds is 8. The van der Waals surface area contributed by atoms with Gasteiger partial charge in [0.05, 0.1) is 13.7 Å². The Hall–Kier alpha value is -2.95. The predicted molar refractivity (Wildman–Crippen MR) is 89.4 cm³/mol. The molecule has 140 valence electrons. The van der Waals surface area contributed by atoms with E-state index in [4.69, 9.17) is 4.74 Å². The summed E-state index contributed by atoms with van der Waals surface area (Å²) in [6.45, 7) is 3.58. The number of hydrogen-bond acceptors (Lipinski definition) is 6. The van der Waals surface area contributed by atoms with Crippen molar-refractivity contribution in [2.24, 2.45) is 0 Å². The minimum atomic E-state index is -2.98. The molecule has 0 saturated carbocycles. The Kier molecular flexibility index (Phi) is 7.72. The van der Waals surface area contributed by atoms with Gasteiger partial charge in [0.15, 0.2) is 0 Å². The molecule has 0 radical (unpaired) electrons. The topological polar surface area (TPSA) is 105 Å². The summed E-state index contributed by atoms with van der Waals surface area (Å²) in [5, 5.41) is 11.4. The first-order valence-corrected chi connectivity index (χ1v) is 8.00. The Bertz CT molecular complexity index is 699. The van der Waals surface area contributed by atoms with Crippen LogP contribution in [0.3, 0.4) is 0 Å². The molecule has 26 heavy (non-hydrogen) atoms. The number of halogens is 1. The molecular weight excluding hydrogens is 343 g/mol. The van der Waals surface area contributed by atoms with Crippen LogP contribution in [0.1, 0.15) is 30.9 Å². The standard InChI is InChI=1S/C18H21FN2O5/c1-4-26-15(22)10-9-14(16(23)25-3)21-17(24)18(19,11-20)13-7-5-12(2)6-8-13/h5-8,14H,4,9-10H2,1-3H3,(H,21,24)/t14-,18?/m0/s1. The summed E-state index contributed by atoms with van der Waals surface area (Å²) < 4.78 is 24.3. The number of nitrogens with one attached hydrogen (secondary N) is 1. The zero-order chi connectivity index (χ0) is 19.7. The molecule has 0 fully saturated rings. The van der Waals surface area contributed by atoms with Crippen LogP contribution < -0.4 is 5.32 Å². The van der Waals surface area contributed by atoms with E-state index >= 15 is 4.39 Å². The van der Waals surface area contributed by atoms with Gasteiger partial charge in [-0.05, 0) is 20.3 Å². The molecule has 0 saturated heterocycles. The van der Waals surface area contributed by atoms with Crippen LogP contribution in [0, 0.1) is 18.3 Å². The highest BCUT2D eigenvalue weighted by Gasteiger charge is 2.43. The van der Waals surface area contributed by atoms with Crippen molar-refractivity contribution in [2.45, 2.75) is 38.4 Å². The summed E-state index contributed by atoms with van der Waals surface area (Å²) in [5.74, 6) is -2.73. The van der Waals surface area contributed by atoms with Crippen molar-refractivity contribution in [1.82, 2.24) is 5.32 Å². The average Bonchev–Trinajstić information content (AvgIpc) is 2.64. The van der Waals surface area contributed by atoms with E-state index in [2.05, 4.69) is 10.1 Å². The van der Waals surface area contributed by atoms with E-state index in [0.29, 0.717) is 0 Å². The predicted octanol–water partition coefficient (Wildman–Crippen LogP) is 1.68. The summed E-state index contributed by atoms with van der Waals surface area (Å²) in [6.07, 6.45) is -0.323. The monoisotopic (exact) mass is 364 g/mol. The molecule has 2 atom stereocenters. The first-order valence-electron chi connectivity index (χ1n) is 8.00. The van der Waals surface area contributed by atoms with E-state index < -0.39 is 29.6 Å². The highest BCUT2D eigenvalue weighted by Crippen LogP contribution is 2.26. The van der Waals surface area contributed by atoms with Crippen molar-refractivity contribution >= 4 is 17.8 Å². The quantitative estimate of drug-likeness (QED) is 0.704. The maximum atomic E-state index is 15.0. The number of amides is 1. The fourth-order valence-corrected chi connectivity index (χ4v) is 2.17. The minimum Gasteiger partial charge on any atom is -0.467 e. The Labute approximate surface area is 151 Å². The fourth-order valence-electron chi connectivity index (χ4n) is 2.17. The number of methoxy groups -OCH3 is 1. The van der Waals surface area contributed by atoms with E-state index in [1.165, 1.54) is 18.2 Å². The van der Waals surface area contributed by atoms with Gasteiger partial charge in [0.2, 0.25) is 0 Å². The van der Waals surface area contributed by atoms with Gasteiger partial charge in [-0.25, -0.2) is 9.18 Å². The minimum absolute atomic E-state index is 0.146. The summed E-state index contributed by atoms with van der Waals surface area (Å²) in [6, 6.07) is 5.82. The molecule has 0 aliphatic rings. The van der Waals surface area contributed by atoms with Crippen molar-refractivity contribution < 1.29 is 28.2 Å². The Morgan fingerprint density at radius 2 is 1.92 bits per heavy atom. The van der Waals surface area contributed by atoms with Gasteiger partial charge in [-0.1, -0.05) is 29.8 Å². The summed E-state index contributed by atoms with van der Waals surface area (Å²) >= 11 is 0. The molecule has 1 aromatic carbocycles. The summed E-state index contributed by atoms with van der Waals surface area (Å²) in [4.78, 5) is 35.6. The second-order valence-electron chi connectivity index (χ2n) is 5.53. The van der Waals surface area contributed by atoms with Crippen LogP contribution in [-0.2, 0) is 29.5 Å². The van der Waals surface area contributed by atoms with Crippen LogP contribution >= 0.6 is 0 Å². The number of alkyl halides is 1. The molecule has 1 amide bonds. The smallest absolute Gasteiger partial charge is 0.328 e. The molecule has 0 bridgehead atoms. The van der Waals surface area contributed by atoms with Gasteiger partial charge in [-0.2, -0.15) is 5.26 Å². The first-order chi connectivity index (χ1) is 12.3. The lowest BCUT2D eigenvalue weighted by Crippen LogP contribution is -2.49. The van der Waals surface area contributed by atoms with Gasteiger partial charge in [-0.3, -0.25) is 9.59 Å². The molecule has 0 aromatic heterocycles. The van der Waals surface area contributed by atoms with Gasteiger partial charge >= 0.3 is 11.9 Å². The molecule has 0 heterocycles. The molecule has 1 N–H and O–H groups in total. The number of aryl methyl sites for hydroxylation is 1. The Balaban J connectivity index is 2.95. The number of carbonyl (C=O) groups excluding carboxylic acids is 3. The van der Waals surface area contributed by atoms with Gasteiger partial charge in [-0.15, -0.1) is 0 Å². The van der Waals surface area contributed by atoms with E-state index in [-0.39, 0.29) is 25.0 Å². The highest BCUT2D eigenvalue weighted by atomic mass is 19.1. The number of ether oxygens (including phenoxy) is 2. The third kappa shape index (κ3) is 5.28. The zero-order valence-electron chi connectivity index (χ0n) is 14.9. The molecule has 0 aliphatic heterocycles. The number of hydrogen-bond donors (Lipinski definition) is 1. The summed E-state index contributed by atoms with van der Waals surface area (Å²) in [5.41, 5.74) is -2.31. The molecule has 8 heteroatoms. The maximum absolute atomic E-state index is 15.0. The lowest BCUT2D eigenvalue weighted by Gasteiger charge is -2.22. The molecule has 1 aromatic rings. The van der Waals surface area contributed by atoms with Gasteiger partial charge in [0.25, 0.3) is 11.6 Å². The normalized spacial score (nSPS) is 13.7. The molecule has 7 nitrogen and oxygen atoms in total. The molecule has 0 aliphatic carbocycles. The number of carbonyl (C=O) groups is 3. The SMILES string of the molecule is CCOC(=O)CC[C@H](NC(=O)C(F)(C#N)c1ccc(C)cc1)C(=O)OC. The second kappa shape index (κ2) is 9.51. The molecule has 1 unspecified atom stereocenters. The van der Waals surface area contributed by atoms with E-state index in [1.807, 2.05) is 0 Å². The lowest BCUT2D eigenvalue weighted by atomic mass is 9.95. The average molecular weight is 364 g/mol. The molecule has 1 rings (SSSR count). The van der Waals surface area contributed by atoms with Crippen molar-refractivity contribution in [2.75, 3.05) is 13.7 Å². The van der Waals surface area contributed by atoms with E-state index in [9.17, 15) is 19.6 Å². The van der Waals surface area contributed by atoms with Crippen LogP contribution in [-0.4, -0.2) is 37.6 Å². The summed E-state index contributed by atoms with van der Waals surface area (Å²) in [7, 11) is 1.10. The second-order valence-corrected chi connectivity index (χ2v) is 5.53. The Morgan fingerprint density at radius 3 is 2.42 bits per heavy atom. The third-order valence-corrected chi connectivity index (χ3v) is 3.65. The third-order valence-electron chi connectivity index (χ3n) is 3.65. The highest BCUT2D eigenvalue weighted by molar-refractivity contribution is 5.93. The maximum Gasteiger partial charge on any atom is 0.328 e. The van der Waals surface area contributed by atoms with Crippen LogP contribution in [0.25, 0.3) is 0 Å². The Morgan fingerprint density at radius 1 is 1.31 bits per heavy atom. The first kappa shape index (κ1) is 21.1. The number of nitrogens with zero attached hydrogens (tertiary/aromatic N) is 1. The van der Waals surface area contributed by atoms with Gasteiger partial charge in [0, 0.05) is 12.0 Å². The van der Waals surface area contributed by atoms with E-state index in [1.54, 1.807) is 26.0 Å². The molecular formula is C18H21FN2O5. The number of nitriles is 1. The zero-order valence-corrected chi connectivity index (χ0v) is 14.9. The largest absolute Gasteiger partial charge is 0.467 e. The van der Waals surface area contributed by atoms with Crippen molar-refractivity contribution in [3.63, 3.8) is 0 Å². The number of esters is 2. The van der Waals surface area contributed by atoms with Crippen molar-refractivity contribution in [3.8, 4) is 6.07 Å². The van der Waals surface area contributed by atoms with Gasteiger partial charge in [0.1, 0.15) is 12.1 Å². The van der Waals surface area contributed by atoms with Crippen LogP contribution in [0.4, 0.5) is 4.39 Å². The molecule has 0 spiro atoms. The van der Waals surface area contributed by atoms with Gasteiger partial charge < -0.3 is 14.8 Å². The lowest BCUT2D eigenvalue weighted by molar-refractivity contribution is -0.148. The van der Waals surface area contributed by atoms with Crippen LogP contribution in [0.15, 0.2) is 24.3 Å². The number of benzene rings is 1. The van der Waals surface area contributed by atoms with Crippen LogP contribution in [0.5, 0.6) is 0 Å². The van der Waals surface area contributed by atoms with Crippen molar-refractivity contribution in [3.05, 3.63) is 35.4 Å².